The molecule has 2 saturated carbocycles. The lowest BCUT2D eigenvalue weighted by molar-refractivity contribution is -0.142. The number of likely N-dealkylation sites (tertiary alicyclic amines) is 1. The molecule has 196 valence electrons. The number of nitrogens with one attached hydrogen (secondary N) is 1. The largest absolute Gasteiger partial charge is 0.502 e. The van der Waals surface area contributed by atoms with E-state index in [0.717, 1.165) is 33.2 Å². The van der Waals surface area contributed by atoms with Crippen molar-refractivity contribution in [2.45, 2.75) is 35.5 Å². The second-order valence-corrected chi connectivity index (χ2v) is 12.3. The van der Waals surface area contributed by atoms with Crippen LogP contribution in [-0.4, -0.2) is 63.9 Å². The number of benzene rings is 1. The topological polar surface area (TPSA) is 146 Å². The van der Waals surface area contributed by atoms with E-state index in [1.54, 1.807) is 23.9 Å². The number of amides is 2. The van der Waals surface area contributed by atoms with E-state index in [2.05, 4.69) is 4.98 Å². The van der Waals surface area contributed by atoms with Gasteiger partial charge in [-0.15, -0.1) is 11.8 Å². The number of fused-ring (bicyclic) bond motifs is 9. The summed E-state index contributed by atoms with van der Waals surface area (Å²) in [7, 11) is 2.92. The highest BCUT2D eigenvalue weighted by molar-refractivity contribution is 8.00. The summed E-state index contributed by atoms with van der Waals surface area (Å²) in [5.74, 6) is -2.14. The lowest BCUT2D eigenvalue weighted by Crippen LogP contribution is -2.42. The summed E-state index contributed by atoms with van der Waals surface area (Å²) in [5, 5.41) is 20.3. The van der Waals surface area contributed by atoms with Crippen LogP contribution in [0.4, 0.5) is 0 Å². The van der Waals surface area contributed by atoms with Gasteiger partial charge in [0.1, 0.15) is 0 Å². The Morgan fingerprint density at radius 2 is 1.76 bits per heavy atom. The Balaban J connectivity index is 1.41. The average Bonchev–Trinajstić information content (AvgIpc) is 3.59. The first-order valence-corrected chi connectivity index (χ1v) is 13.9. The fraction of sp³-hybridized carbons (Fsp3) is 0.520. The van der Waals surface area contributed by atoms with Gasteiger partial charge in [0.25, 0.3) is 0 Å². The molecule has 7 atom stereocenters. The maximum atomic E-state index is 13.5. The molecule has 4 aliphatic rings. The number of aromatic nitrogens is 1. The zero-order valence-electron chi connectivity index (χ0n) is 20.1. The normalized spacial score (nSPS) is 31.3. The number of carbonyl (C=O) groups excluding carboxylic acids is 2. The number of carbonyl (C=O) groups is 3. The van der Waals surface area contributed by atoms with E-state index in [1.807, 2.05) is 0 Å². The van der Waals surface area contributed by atoms with Crippen LogP contribution in [0.5, 0.6) is 17.2 Å². The molecule has 1 aromatic carbocycles. The lowest BCUT2D eigenvalue weighted by Gasteiger charge is -2.43. The van der Waals surface area contributed by atoms with Crippen LogP contribution in [0.15, 0.2) is 22.0 Å². The van der Waals surface area contributed by atoms with Gasteiger partial charge in [0.15, 0.2) is 11.5 Å². The molecule has 1 saturated heterocycles. The zero-order valence-corrected chi connectivity index (χ0v) is 21.8. The first-order valence-electron chi connectivity index (χ1n) is 12.2. The molecule has 3 N–H and O–H groups in total. The number of nitrogens with zero attached hydrogens (tertiary/aromatic N) is 1. The molecule has 2 aliphatic carbocycles. The maximum absolute atomic E-state index is 13.5. The van der Waals surface area contributed by atoms with E-state index in [-0.39, 0.29) is 82.2 Å². The molecule has 12 heteroatoms. The third-order valence-corrected chi connectivity index (χ3v) is 11.0. The molecule has 0 unspecified atom stereocenters. The number of carboxylic acids is 1. The molecule has 2 aromatic rings. The third-order valence-electron chi connectivity index (χ3n) is 8.45. The monoisotopic (exact) mass is 546 g/mol. The molecule has 2 aliphatic heterocycles. The molecular formula is C25H26N2O8S2. The predicted molar refractivity (Wildman–Crippen MR) is 133 cm³/mol. The molecule has 10 nitrogen and oxygen atoms in total. The number of carboxylic acid groups (broad SMARTS) is 1. The van der Waals surface area contributed by atoms with Crippen LogP contribution in [0.25, 0.3) is 0 Å². The van der Waals surface area contributed by atoms with E-state index in [4.69, 9.17) is 14.6 Å². The zero-order chi connectivity index (χ0) is 26.2. The Bertz CT molecular complexity index is 1340. The second-order valence-electron chi connectivity index (χ2n) is 10.1. The minimum Gasteiger partial charge on any atom is -0.502 e. The van der Waals surface area contributed by atoms with Gasteiger partial charge in [0.2, 0.25) is 17.6 Å². The quantitative estimate of drug-likeness (QED) is 0.446. The number of phenolic OH excluding ortho intramolecular Hbond substituents is 1. The summed E-state index contributed by atoms with van der Waals surface area (Å²) in [4.78, 5) is 55.2. The number of imide groups is 1. The Morgan fingerprint density at radius 1 is 1.11 bits per heavy atom. The molecular weight excluding hydrogens is 520 g/mol. The molecule has 2 bridgehead atoms. The van der Waals surface area contributed by atoms with Gasteiger partial charge >= 0.3 is 10.8 Å². The van der Waals surface area contributed by atoms with Crippen molar-refractivity contribution < 1.29 is 34.1 Å². The highest BCUT2D eigenvalue weighted by atomic mass is 32.2. The van der Waals surface area contributed by atoms with Crippen LogP contribution in [0.1, 0.15) is 35.6 Å². The third kappa shape index (κ3) is 3.52. The molecule has 2 amide bonds. The van der Waals surface area contributed by atoms with Crippen molar-refractivity contribution in [1.82, 2.24) is 9.88 Å². The van der Waals surface area contributed by atoms with Crippen LogP contribution < -0.4 is 14.3 Å². The molecule has 0 radical (unpaired) electrons. The van der Waals surface area contributed by atoms with Crippen molar-refractivity contribution >= 4 is 40.9 Å². The number of phenols is 1. The number of thioether (sulfide) groups is 1. The van der Waals surface area contributed by atoms with E-state index in [9.17, 15) is 24.3 Å². The van der Waals surface area contributed by atoms with Gasteiger partial charge < -0.3 is 24.7 Å². The van der Waals surface area contributed by atoms with Crippen LogP contribution in [0.3, 0.4) is 0 Å². The van der Waals surface area contributed by atoms with Gasteiger partial charge in [-0.05, 0) is 48.3 Å². The van der Waals surface area contributed by atoms with Crippen LogP contribution in [-0.2, 0) is 14.4 Å². The number of aliphatic carboxylic acids is 1. The lowest BCUT2D eigenvalue weighted by atomic mass is 9.68. The number of methoxy groups -OCH3 is 2. The molecule has 6 rings (SSSR count). The number of aromatic amines is 1. The first-order chi connectivity index (χ1) is 17.7. The number of rotatable bonds is 7. The van der Waals surface area contributed by atoms with E-state index in [1.165, 1.54) is 19.1 Å². The standard InChI is InChI=1S/C25H26N2O8S2/c1-34-12-6-9(7-13(35-2)19(12)30)15-16-10-8-11(20(16)36-22-21(15)37-25(33)26-22)18-17(10)23(31)27(24(18)32)5-3-4-14(28)29/h6-7,10-11,15-18,20,30H,3-5,8H2,1-2H3,(H,26,33)(H,28,29)/t10-,11+,15-,16+,17+,18+,20-/m0/s1. The summed E-state index contributed by atoms with van der Waals surface area (Å²) in [5.41, 5.74) is 0.817. The van der Waals surface area contributed by atoms with Gasteiger partial charge in [0, 0.05) is 29.0 Å². The van der Waals surface area contributed by atoms with E-state index < -0.39 is 17.8 Å². The Labute approximate surface area is 220 Å². The highest BCUT2D eigenvalue weighted by Crippen LogP contribution is 2.68. The minimum atomic E-state index is -0.954. The number of hydrogen-bond acceptors (Lipinski definition) is 9. The van der Waals surface area contributed by atoms with Crippen molar-refractivity contribution in [2.75, 3.05) is 20.8 Å². The molecule has 3 heterocycles. The minimum absolute atomic E-state index is 0.00938. The highest BCUT2D eigenvalue weighted by Gasteiger charge is 2.69. The Kier molecular flexibility index (Phi) is 5.79. The number of hydrogen-bond donors (Lipinski definition) is 3. The van der Waals surface area contributed by atoms with Crippen molar-refractivity contribution in [3.63, 3.8) is 0 Å². The molecule has 37 heavy (non-hydrogen) atoms. The molecule has 3 fully saturated rings. The van der Waals surface area contributed by atoms with Crippen LogP contribution in [0.2, 0.25) is 0 Å². The number of H-pyrrole nitrogens is 1. The van der Waals surface area contributed by atoms with E-state index in [0.29, 0.717) is 0 Å². The summed E-state index contributed by atoms with van der Waals surface area (Å²) in [6.45, 7) is 0.120. The van der Waals surface area contributed by atoms with Crippen LogP contribution in [0, 0.1) is 29.6 Å². The Morgan fingerprint density at radius 3 is 2.38 bits per heavy atom. The Hall–Kier alpha value is -2.99. The smallest absolute Gasteiger partial charge is 0.305 e. The first kappa shape index (κ1) is 24.4. The number of thiazole rings is 1. The average molecular weight is 547 g/mol. The number of ether oxygens (including phenoxy) is 2. The van der Waals surface area contributed by atoms with Crippen molar-refractivity contribution in [1.29, 1.82) is 0 Å². The summed E-state index contributed by atoms with van der Waals surface area (Å²) < 4.78 is 10.8. The number of aromatic hydroxyl groups is 1. The molecule has 1 aromatic heterocycles. The van der Waals surface area contributed by atoms with Crippen LogP contribution >= 0.6 is 23.1 Å². The van der Waals surface area contributed by atoms with Gasteiger partial charge in [-0.3, -0.25) is 24.1 Å². The van der Waals surface area contributed by atoms with Gasteiger partial charge in [-0.25, -0.2) is 0 Å². The maximum Gasteiger partial charge on any atom is 0.305 e. The summed E-state index contributed by atoms with van der Waals surface area (Å²) in [6, 6.07) is 3.51. The van der Waals surface area contributed by atoms with Crippen molar-refractivity contribution in [3.05, 3.63) is 32.2 Å². The summed E-state index contributed by atoms with van der Waals surface area (Å²) in [6.07, 6.45) is 0.887. The second kappa shape index (κ2) is 8.80. The van der Waals surface area contributed by atoms with Gasteiger partial charge in [0.05, 0.1) is 31.1 Å². The molecule has 0 spiro atoms. The predicted octanol–water partition coefficient (Wildman–Crippen LogP) is 2.50. The van der Waals surface area contributed by atoms with E-state index >= 15 is 0 Å². The SMILES string of the molecule is COc1cc([C@@H]2c3sc(=O)[nH]c3S[C@H]3[C@@H]4C[C@H]([C@H]5C(=O)N(CCCC(=O)O)C(=O)[C@H]45)[C@H]23)cc(OC)c1O. The summed E-state index contributed by atoms with van der Waals surface area (Å²) >= 11 is 2.74. The fourth-order valence-corrected chi connectivity index (χ4v) is 10.0. The van der Waals surface area contributed by atoms with Gasteiger partial charge in [-0.1, -0.05) is 11.3 Å². The van der Waals surface area contributed by atoms with Crippen molar-refractivity contribution in [2.24, 2.45) is 29.6 Å². The van der Waals surface area contributed by atoms with Gasteiger partial charge in [-0.2, -0.15) is 0 Å². The fourth-order valence-electron chi connectivity index (χ4n) is 7.15. The van der Waals surface area contributed by atoms with Crippen molar-refractivity contribution in [3.8, 4) is 17.2 Å².